The number of benzene rings is 3. The third-order valence-corrected chi connectivity index (χ3v) is 21.4. The molecule has 2 saturated heterocycles. The predicted molar refractivity (Wildman–Crippen MR) is 448 cm³/mol. The van der Waals surface area contributed by atoms with Gasteiger partial charge in [0.25, 0.3) is 0 Å². The molecule has 8 aromatic heterocycles. The first-order valence-electron chi connectivity index (χ1n) is 38.5. The van der Waals surface area contributed by atoms with Crippen molar-refractivity contribution in [3.63, 3.8) is 0 Å². The minimum atomic E-state index is -0.633. The number of nitrogens with zero attached hydrogens (tertiary/aromatic N) is 17. The summed E-state index contributed by atoms with van der Waals surface area (Å²) < 4.78 is 60.8. The number of halogens is 2. The summed E-state index contributed by atoms with van der Waals surface area (Å²) in [6.07, 6.45) is 9.24. The van der Waals surface area contributed by atoms with Crippen molar-refractivity contribution in [2.75, 3.05) is 42.7 Å². The lowest BCUT2D eigenvalue weighted by molar-refractivity contribution is 0.00578. The standard InChI is InChI=1S/C26H34BN5O4.C26H28N6O2.C19H21N5O2.C7H13BCl2O2.C7H9N/c1-15-28-20(18-13-19(18)27-35-25(3,4)26(5,6)36-27)14-24(29-15)32-23(30-16(2)31-32)12-17-9-10-21(33-7)22(11-17)34-8;1-15-6-8-21(27-14-15)19-12-20(19)22-13-26(29-16(2)28-22)32-25(30-17(3)31-32)11-18-7-9-23(33-4)24(10-18)34-5;1-6-15-11-19(21-12(2)20-15)24-18(22-13(3)23-24)10-14-7-8-16(25-4)17(9-14)26-5;1-6(2)7(3,4)12-8(11-6)5(9)10;1-6-3-4-7(2)8-5-6/h9-11,14,18-19H,12-13H2,1-8H3;6-10,13-14,19-20H,11-12H2,1-5H3;6-9,11H,1,10H2,2-5H3;5H,1-4H3;3-5H,1-2H3. The van der Waals surface area contributed by atoms with Crippen molar-refractivity contribution in [1.29, 1.82) is 0 Å². The molecular weight excluding hydrogens is 1510 g/mol. The Bertz CT molecular complexity index is 5200. The molecule has 4 aliphatic rings. The second kappa shape index (κ2) is 36.5. The van der Waals surface area contributed by atoms with Crippen LogP contribution in [-0.2, 0) is 37.9 Å². The highest BCUT2D eigenvalue weighted by Gasteiger charge is 2.60. The van der Waals surface area contributed by atoms with Crippen LogP contribution >= 0.6 is 23.2 Å². The van der Waals surface area contributed by atoms with Crippen molar-refractivity contribution in [3.8, 4) is 52.0 Å². The molecule has 610 valence electrons. The Morgan fingerprint density at radius 1 is 0.414 bits per heavy atom. The maximum Gasteiger partial charge on any atom is 0.493 e. The van der Waals surface area contributed by atoms with Gasteiger partial charge in [-0.1, -0.05) is 36.9 Å². The summed E-state index contributed by atoms with van der Waals surface area (Å²) in [6, 6.07) is 31.8. The van der Waals surface area contributed by atoms with Gasteiger partial charge in [0.1, 0.15) is 57.2 Å². The lowest BCUT2D eigenvalue weighted by atomic mass is 9.80. The monoisotopic (exact) mass is 1620 g/mol. The molecule has 2 aliphatic carbocycles. The minimum absolute atomic E-state index is 0.229. The summed E-state index contributed by atoms with van der Waals surface area (Å²) in [6.45, 7) is 37.4. The van der Waals surface area contributed by atoms with Crippen LogP contribution in [0, 0.1) is 62.3 Å². The summed E-state index contributed by atoms with van der Waals surface area (Å²) in [5, 5.41) is 13.8. The summed E-state index contributed by atoms with van der Waals surface area (Å²) >= 11 is 11.3. The molecule has 3 aromatic carbocycles. The van der Waals surface area contributed by atoms with E-state index in [4.69, 9.17) is 85.2 Å². The maximum absolute atomic E-state index is 6.30. The summed E-state index contributed by atoms with van der Waals surface area (Å²) in [7, 11) is 9.02. The Kier molecular flexibility index (Phi) is 27.2. The fourth-order valence-corrected chi connectivity index (χ4v) is 13.5. The van der Waals surface area contributed by atoms with E-state index >= 15 is 0 Å². The molecule has 2 aliphatic heterocycles. The van der Waals surface area contributed by atoms with Gasteiger partial charge in [0.15, 0.2) is 52.0 Å². The Morgan fingerprint density at radius 3 is 1.14 bits per heavy atom. The van der Waals surface area contributed by atoms with E-state index in [2.05, 4.69) is 115 Å². The van der Waals surface area contributed by atoms with Gasteiger partial charge in [-0.25, -0.2) is 44.9 Å². The number of methoxy groups -OCH3 is 6. The van der Waals surface area contributed by atoms with Crippen molar-refractivity contribution < 1.29 is 47.0 Å². The van der Waals surface area contributed by atoms with Crippen LogP contribution in [0.25, 0.3) is 23.5 Å². The minimum Gasteiger partial charge on any atom is -0.493 e. The van der Waals surface area contributed by atoms with Crippen molar-refractivity contribution >= 4 is 43.5 Å². The van der Waals surface area contributed by atoms with E-state index in [0.29, 0.717) is 106 Å². The first kappa shape index (κ1) is 86.6. The molecular formula is C85H105B2Cl2N17O10. The van der Waals surface area contributed by atoms with Gasteiger partial charge in [-0.3, -0.25) is 9.97 Å². The number of hydrogen-bond acceptors (Lipinski definition) is 24. The molecule has 0 amide bonds. The van der Waals surface area contributed by atoms with E-state index in [1.165, 1.54) is 11.1 Å². The van der Waals surface area contributed by atoms with Crippen LogP contribution in [0.4, 0.5) is 0 Å². The maximum atomic E-state index is 6.30. The number of pyridine rings is 2. The highest BCUT2D eigenvalue weighted by atomic mass is 35.5. The smallest absolute Gasteiger partial charge is 0.493 e. The summed E-state index contributed by atoms with van der Waals surface area (Å²) in [5.74, 6) is 14.0. The number of ether oxygens (including phenoxy) is 6. The second-order valence-electron chi connectivity index (χ2n) is 31.1. The quantitative estimate of drug-likeness (QED) is 0.0477. The number of rotatable bonds is 21. The first-order chi connectivity index (χ1) is 55.0. The highest BCUT2D eigenvalue weighted by molar-refractivity contribution is 6.73. The van der Waals surface area contributed by atoms with E-state index < -0.39 is 11.9 Å². The Balaban J connectivity index is 0.000000154. The normalized spacial score (nSPS) is 17.6. The third kappa shape index (κ3) is 20.9. The Labute approximate surface area is 690 Å². The molecule has 4 fully saturated rings. The average Bonchev–Trinajstić information content (AvgIpc) is 1.59. The van der Waals surface area contributed by atoms with Crippen LogP contribution in [-0.4, -0.2) is 168 Å². The van der Waals surface area contributed by atoms with Crippen molar-refractivity contribution in [2.24, 2.45) is 0 Å². The summed E-state index contributed by atoms with van der Waals surface area (Å²) in [4.78, 5) is 50.3. The van der Waals surface area contributed by atoms with Gasteiger partial charge in [-0.05, 0) is 213 Å². The van der Waals surface area contributed by atoms with Crippen LogP contribution < -0.4 is 28.4 Å². The van der Waals surface area contributed by atoms with Gasteiger partial charge in [0, 0.05) is 90.5 Å². The lowest BCUT2D eigenvalue weighted by Gasteiger charge is -2.32. The predicted octanol–water partition coefficient (Wildman–Crippen LogP) is 15.5. The van der Waals surface area contributed by atoms with E-state index in [9.17, 15) is 0 Å². The molecule has 2 saturated carbocycles. The Morgan fingerprint density at radius 2 is 0.784 bits per heavy atom. The Hall–Kier alpha value is -10.3. The highest BCUT2D eigenvalue weighted by Crippen LogP contribution is 2.58. The molecule has 4 atom stereocenters. The van der Waals surface area contributed by atoms with Crippen molar-refractivity contribution in [3.05, 3.63) is 225 Å². The van der Waals surface area contributed by atoms with Gasteiger partial charge >= 0.3 is 14.2 Å². The van der Waals surface area contributed by atoms with E-state index in [1.807, 2.05) is 184 Å². The zero-order valence-corrected chi connectivity index (χ0v) is 72.2. The molecule has 4 unspecified atom stereocenters. The fraction of sp³-hybridized carbons (Fsp3) is 0.435. The van der Waals surface area contributed by atoms with Gasteiger partial charge in [-0.2, -0.15) is 14.0 Å². The van der Waals surface area contributed by atoms with Crippen LogP contribution in [0.3, 0.4) is 0 Å². The molecule has 0 radical (unpaired) electrons. The van der Waals surface area contributed by atoms with E-state index in [-0.39, 0.29) is 41.3 Å². The lowest BCUT2D eigenvalue weighted by Crippen LogP contribution is -2.41. The molecule has 11 aromatic rings. The average molecular weight is 1620 g/mol. The third-order valence-electron chi connectivity index (χ3n) is 21.0. The van der Waals surface area contributed by atoms with Crippen LogP contribution in [0.5, 0.6) is 34.5 Å². The molecule has 27 nitrogen and oxygen atoms in total. The number of hydrogen-bond donors (Lipinski definition) is 0. The van der Waals surface area contributed by atoms with Crippen LogP contribution in [0.2, 0.25) is 5.82 Å². The van der Waals surface area contributed by atoms with Crippen LogP contribution in [0.15, 0.2) is 116 Å². The zero-order valence-electron chi connectivity index (χ0n) is 70.7. The number of aryl methyl sites for hydroxylation is 9. The second-order valence-corrected chi connectivity index (χ2v) is 32.3. The molecule has 0 spiro atoms. The molecule has 31 heteroatoms. The van der Waals surface area contributed by atoms with E-state index in [1.54, 1.807) is 53.4 Å². The molecule has 0 bridgehead atoms. The number of alkyl halides is 2. The van der Waals surface area contributed by atoms with Crippen LogP contribution in [0.1, 0.15) is 195 Å². The SMILES string of the molecule is C=Cc1cc(-n2nc(C)nc2Cc2ccc(OC)c(OC)c2)nc(C)n1.CC1(C)OB(C(Cl)Cl)OC1(C)C.COc1ccc(Cc2nc(C)nn2-c2cc(C3CC3B3OC(C)(C)C(C)(C)O3)nc(C)n2)cc1OC.COc1ccc(Cc2nc(C)nn2-c2cc(C3CC3c3ccc(C)cn3)nc(C)n2)cc1OC.Cc1ccc(C)nc1. The van der Waals surface area contributed by atoms with Gasteiger partial charge in [0.05, 0.1) is 76.5 Å². The molecule has 15 rings (SSSR count). The molecule has 116 heavy (non-hydrogen) atoms. The number of aromatic nitrogens is 17. The van der Waals surface area contributed by atoms with Crippen molar-refractivity contribution in [2.45, 2.75) is 201 Å². The van der Waals surface area contributed by atoms with Gasteiger partial charge in [-0.15, -0.1) is 38.5 Å². The van der Waals surface area contributed by atoms with Crippen molar-refractivity contribution in [1.82, 2.24) is 84.2 Å². The van der Waals surface area contributed by atoms with E-state index in [0.717, 1.165) is 87.1 Å². The van der Waals surface area contributed by atoms with Gasteiger partial charge in [0.2, 0.25) is 0 Å². The topological polar surface area (TPSA) is 288 Å². The fourth-order valence-electron chi connectivity index (χ4n) is 13.3. The van der Waals surface area contributed by atoms with Gasteiger partial charge < -0.3 is 47.0 Å². The molecule has 10 heterocycles. The zero-order chi connectivity index (χ0) is 83.9. The largest absolute Gasteiger partial charge is 0.493 e. The first-order valence-corrected chi connectivity index (χ1v) is 39.3. The molecule has 0 N–H and O–H groups in total. The summed E-state index contributed by atoms with van der Waals surface area (Å²) in [5.41, 5.74) is 9.10.